The summed E-state index contributed by atoms with van der Waals surface area (Å²) in [6, 6.07) is 9.30. The molecule has 1 aromatic heterocycles. The van der Waals surface area contributed by atoms with Crippen LogP contribution in [-0.4, -0.2) is 12.0 Å². The summed E-state index contributed by atoms with van der Waals surface area (Å²) in [5.41, 5.74) is 3.43. The van der Waals surface area contributed by atoms with Gasteiger partial charge >= 0.3 is 0 Å². The van der Waals surface area contributed by atoms with Gasteiger partial charge in [0.2, 0.25) is 0 Å². The van der Waals surface area contributed by atoms with Crippen LogP contribution < -0.4 is 5.32 Å². The van der Waals surface area contributed by atoms with Crippen molar-refractivity contribution >= 4 is 0 Å². The van der Waals surface area contributed by atoms with E-state index in [2.05, 4.69) is 10.3 Å². The second-order valence-corrected chi connectivity index (χ2v) is 4.74. The van der Waals surface area contributed by atoms with Crippen molar-refractivity contribution < 1.29 is 4.39 Å². The topological polar surface area (TPSA) is 24.9 Å². The van der Waals surface area contributed by atoms with E-state index in [1.807, 2.05) is 44.6 Å². The summed E-state index contributed by atoms with van der Waals surface area (Å²) in [5, 5.41) is 3.31. The van der Waals surface area contributed by atoms with Gasteiger partial charge in [0.05, 0.1) is 0 Å². The van der Waals surface area contributed by atoms with Crippen molar-refractivity contribution in [1.29, 1.82) is 0 Å². The zero-order chi connectivity index (χ0) is 13.7. The summed E-state index contributed by atoms with van der Waals surface area (Å²) < 4.78 is 13.1. The summed E-state index contributed by atoms with van der Waals surface area (Å²) >= 11 is 0. The molecule has 1 N–H and O–H groups in total. The second kappa shape index (κ2) is 6.43. The van der Waals surface area contributed by atoms with Crippen molar-refractivity contribution in [3.8, 4) is 0 Å². The first-order chi connectivity index (χ1) is 9.20. The van der Waals surface area contributed by atoms with Crippen LogP contribution in [0.25, 0.3) is 0 Å². The summed E-state index contributed by atoms with van der Waals surface area (Å²) in [6.07, 6.45) is 5.58. The van der Waals surface area contributed by atoms with Crippen LogP contribution >= 0.6 is 0 Å². The van der Waals surface area contributed by atoms with Crippen molar-refractivity contribution in [2.24, 2.45) is 0 Å². The number of halogens is 1. The third-order valence-corrected chi connectivity index (χ3v) is 3.43. The molecule has 0 aliphatic carbocycles. The third kappa shape index (κ3) is 3.61. The number of aryl methyl sites for hydroxylation is 2. The molecule has 2 rings (SSSR count). The van der Waals surface area contributed by atoms with Crippen molar-refractivity contribution in [3.63, 3.8) is 0 Å². The van der Waals surface area contributed by atoms with Crippen LogP contribution in [0.2, 0.25) is 0 Å². The van der Waals surface area contributed by atoms with E-state index >= 15 is 0 Å². The second-order valence-electron chi connectivity index (χ2n) is 4.74. The molecule has 0 amide bonds. The number of nitrogens with one attached hydrogen (secondary N) is 1. The normalized spacial score (nSPS) is 12.4. The fourth-order valence-corrected chi connectivity index (χ4v) is 2.35. The average molecular weight is 258 g/mol. The van der Waals surface area contributed by atoms with E-state index in [-0.39, 0.29) is 11.9 Å². The molecule has 0 bridgehead atoms. The van der Waals surface area contributed by atoms with Crippen LogP contribution in [0, 0.1) is 12.7 Å². The van der Waals surface area contributed by atoms with E-state index in [1.165, 1.54) is 11.6 Å². The first-order valence-electron chi connectivity index (χ1n) is 6.53. The van der Waals surface area contributed by atoms with E-state index in [1.54, 1.807) is 6.07 Å². The maximum atomic E-state index is 13.1. The van der Waals surface area contributed by atoms with E-state index < -0.39 is 0 Å². The van der Waals surface area contributed by atoms with Crippen LogP contribution in [-0.2, 0) is 6.42 Å². The lowest BCUT2D eigenvalue weighted by molar-refractivity contribution is 0.543. The molecule has 19 heavy (non-hydrogen) atoms. The van der Waals surface area contributed by atoms with Gasteiger partial charge in [-0.1, -0.05) is 6.07 Å². The Morgan fingerprint density at radius 2 is 1.95 bits per heavy atom. The van der Waals surface area contributed by atoms with Gasteiger partial charge in [-0.25, -0.2) is 4.39 Å². The SMILES string of the molecule is CNC(CCc1ccncc1)c1ccc(F)cc1C. The molecular weight excluding hydrogens is 239 g/mol. The molecule has 0 saturated heterocycles. The molecule has 0 aliphatic heterocycles. The maximum absolute atomic E-state index is 13.1. The maximum Gasteiger partial charge on any atom is 0.123 e. The predicted octanol–water partition coefficient (Wildman–Crippen LogP) is 3.42. The summed E-state index contributed by atoms with van der Waals surface area (Å²) in [7, 11) is 1.94. The van der Waals surface area contributed by atoms with Crippen LogP contribution in [0.15, 0.2) is 42.7 Å². The van der Waals surface area contributed by atoms with E-state index in [0.717, 1.165) is 24.0 Å². The number of pyridine rings is 1. The standard InChI is InChI=1S/C16H19FN2/c1-12-11-14(17)4-5-15(12)16(18-2)6-3-13-7-9-19-10-8-13/h4-5,7-11,16,18H,3,6H2,1-2H3. The summed E-state index contributed by atoms with van der Waals surface area (Å²) in [6.45, 7) is 1.95. The number of hydrogen-bond donors (Lipinski definition) is 1. The van der Waals surface area contributed by atoms with Gasteiger partial charge in [0.15, 0.2) is 0 Å². The fraction of sp³-hybridized carbons (Fsp3) is 0.312. The Morgan fingerprint density at radius 1 is 1.21 bits per heavy atom. The molecular formula is C16H19FN2. The van der Waals surface area contributed by atoms with Crippen LogP contribution in [0.4, 0.5) is 4.39 Å². The third-order valence-electron chi connectivity index (χ3n) is 3.43. The van der Waals surface area contributed by atoms with Crippen molar-refractivity contribution in [2.45, 2.75) is 25.8 Å². The number of hydrogen-bond acceptors (Lipinski definition) is 2. The Hall–Kier alpha value is -1.74. The number of benzene rings is 1. The Labute approximate surface area is 113 Å². The molecule has 1 aromatic carbocycles. The zero-order valence-corrected chi connectivity index (χ0v) is 11.4. The highest BCUT2D eigenvalue weighted by Gasteiger charge is 2.12. The van der Waals surface area contributed by atoms with E-state index in [4.69, 9.17) is 0 Å². The summed E-state index contributed by atoms with van der Waals surface area (Å²) in [4.78, 5) is 4.02. The molecule has 0 aliphatic rings. The van der Waals surface area contributed by atoms with Gasteiger partial charge in [0, 0.05) is 18.4 Å². The van der Waals surface area contributed by atoms with Crippen molar-refractivity contribution in [1.82, 2.24) is 10.3 Å². The molecule has 2 aromatic rings. The molecule has 100 valence electrons. The van der Waals surface area contributed by atoms with Gasteiger partial charge in [-0.2, -0.15) is 0 Å². The lowest BCUT2D eigenvalue weighted by Crippen LogP contribution is -2.18. The van der Waals surface area contributed by atoms with Gasteiger partial charge in [-0.15, -0.1) is 0 Å². The van der Waals surface area contributed by atoms with Crippen molar-refractivity contribution in [3.05, 3.63) is 65.2 Å². The average Bonchev–Trinajstić information content (AvgIpc) is 2.42. The lowest BCUT2D eigenvalue weighted by Gasteiger charge is -2.19. The first kappa shape index (κ1) is 13.7. The zero-order valence-electron chi connectivity index (χ0n) is 11.4. The van der Waals surface area contributed by atoms with Crippen LogP contribution in [0.5, 0.6) is 0 Å². The Kier molecular flexibility index (Phi) is 4.63. The highest BCUT2D eigenvalue weighted by atomic mass is 19.1. The highest BCUT2D eigenvalue weighted by molar-refractivity contribution is 5.29. The largest absolute Gasteiger partial charge is 0.313 e. The number of rotatable bonds is 5. The molecule has 3 heteroatoms. The molecule has 0 spiro atoms. The van der Waals surface area contributed by atoms with Crippen LogP contribution in [0.1, 0.15) is 29.2 Å². The van der Waals surface area contributed by atoms with Gasteiger partial charge in [0.25, 0.3) is 0 Å². The first-order valence-corrected chi connectivity index (χ1v) is 6.53. The van der Waals surface area contributed by atoms with Crippen LogP contribution in [0.3, 0.4) is 0 Å². The summed E-state index contributed by atoms with van der Waals surface area (Å²) in [5.74, 6) is -0.176. The minimum atomic E-state index is -0.176. The molecule has 0 saturated carbocycles. The Morgan fingerprint density at radius 3 is 2.58 bits per heavy atom. The minimum Gasteiger partial charge on any atom is -0.313 e. The fourth-order valence-electron chi connectivity index (χ4n) is 2.35. The number of aromatic nitrogens is 1. The molecule has 2 nitrogen and oxygen atoms in total. The molecule has 0 radical (unpaired) electrons. The van der Waals surface area contributed by atoms with Gasteiger partial charge in [-0.3, -0.25) is 4.98 Å². The van der Waals surface area contributed by atoms with Gasteiger partial charge in [-0.05, 0) is 67.8 Å². The molecule has 0 fully saturated rings. The Balaban J connectivity index is 2.08. The number of nitrogens with zero attached hydrogens (tertiary/aromatic N) is 1. The monoisotopic (exact) mass is 258 g/mol. The quantitative estimate of drug-likeness (QED) is 0.888. The predicted molar refractivity (Wildman–Crippen MR) is 75.5 cm³/mol. The van der Waals surface area contributed by atoms with Crippen molar-refractivity contribution in [2.75, 3.05) is 7.05 Å². The molecule has 1 unspecified atom stereocenters. The molecule has 1 atom stereocenters. The molecule has 1 heterocycles. The lowest BCUT2D eigenvalue weighted by atomic mass is 9.96. The van der Waals surface area contributed by atoms with E-state index in [0.29, 0.717) is 0 Å². The van der Waals surface area contributed by atoms with E-state index in [9.17, 15) is 4.39 Å². The van der Waals surface area contributed by atoms with Gasteiger partial charge in [0.1, 0.15) is 5.82 Å². The minimum absolute atomic E-state index is 0.176. The van der Waals surface area contributed by atoms with Gasteiger partial charge < -0.3 is 5.32 Å². The Bertz CT molecular complexity index is 526. The smallest absolute Gasteiger partial charge is 0.123 e. The highest BCUT2D eigenvalue weighted by Crippen LogP contribution is 2.22.